The molecule has 0 N–H and O–H groups in total. The number of ketones is 1. The molecule has 5 heterocycles. The smallest absolute Gasteiger partial charge is 0.259 e. The summed E-state index contributed by atoms with van der Waals surface area (Å²) in [6.45, 7) is 4.38. The van der Waals surface area contributed by atoms with Crippen molar-refractivity contribution >= 4 is 45.7 Å². The number of aryl methyl sites for hydroxylation is 1. The number of anilines is 1. The van der Waals surface area contributed by atoms with Crippen molar-refractivity contribution in [3.63, 3.8) is 0 Å². The fourth-order valence-electron chi connectivity index (χ4n) is 7.76. The normalized spacial score (nSPS) is 17.7. The summed E-state index contributed by atoms with van der Waals surface area (Å²) in [5.74, 6) is 1.73. The Balaban J connectivity index is 0.939. The molecule has 2 amide bonds. The molecule has 12 nitrogen and oxygen atoms in total. The Kier molecular flexibility index (Phi) is 10.7. The number of rotatable bonds is 9. The number of fused-ring (bicyclic) bond motifs is 1. The molecule has 0 saturated carbocycles. The number of methoxy groups -OCH3 is 2. The van der Waals surface area contributed by atoms with Crippen LogP contribution < -0.4 is 24.7 Å². The van der Waals surface area contributed by atoms with Crippen LogP contribution in [0.15, 0.2) is 59.8 Å². The van der Waals surface area contributed by atoms with Crippen LogP contribution in [-0.2, 0) is 16.6 Å². The van der Waals surface area contributed by atoms with E-state index < -0.39 is 0 Å². The Hall–Kier alpha value is -4.94. The predicted octanol–water partition coefficient (Wildman–Crippen LogP) is 5.36. The van der Waals surface area contributed by atoms with E-state index in [2.05, 4.69) is 9.88 Å². The van der Waals surface area contributed by atoms with E-state index in [1.807, 2.05) is 29.3 Å². The van der Waals surface area contributed by atoms with E-state index in [0.717, 1.165) is 61.8 Å². The van der Waals surface area contributed by atoms with Gasteiger partial charge in [0.2, 0.25) is 11.7 Å². The van der Waals surface area contributed by atoms with E-state index in [4.69, 9.17) is 25.8 Å². The molecule has 0 unspecified atom stereocenters. The summed E-state index contributed by atoms with van der Waals surface area (Å²) in [5.41, 5.74) is 2.57. The van der Waals surface area contributed by atoms with E-state index in [-0.39, 0.29) is 48.6 Å². The second-order valence-electron chi connectivity index (χ2n) is 14.1. The topological polar surface area (TPSA) is 124 Å². The first-order valence-corrected chi connectivity index (χ1v) is 18.5. The van der Waals surface area contributed by atoms with Gasteiger partial charge in [-0.1, -0.05) is 11.6 Å². The van der Waals surface area contributed by atoms with Gasteiger partial charge in [-0.3, -0.25) is 24.2 Å². The first kappa shape index (κ1) is 36.4. The van der Waals surface area contributed by atoms with Crippen LogP contribution in [-0.4, -0.2) is 96.5 Å². The third kappa shape index (κ3) is 7.61. The number of benzene rings is 2. The summed E-state index contributed by atoms with van der Waals surface area (Å²) in [6, 6.07) is 10.7. The largest absolute Gasteiger partial charge is 0.493 e. The zero-order valence-electron chi connectivity index (χ0n) is 30.3. The number of pyridine rings is 2. The third-order valence-corrected chi connectivity index (χ3v) is 11.1. The number of likely N-dealkylation sites (tertiary alicyclic amines) is 2. The molecule has 2 aromatic heterocycles. The number of hydrogen-bond acceptors (Lipinski definition) is 9. The standard InChI is InChI=1S/C40H44ClN5O7/c1-43-24-32(30-6-12-42-22-31(30)40(43)50)27-19-35(51-2)38(36(20-27)52-3)53-29-10-13-44(14-11-29)23-25-7-15-45(16-8-25)39(49)26-4-5-33(41)34(18-26)46-17-9-28(47)21-37(46)48/h4-6,12,18-20,22,24-25,29H,7-11,13-17,21,23H2,1-3H3. The molecule has 13 heteroatoms. The molecule has 3 aliphatic heterocycles. The van der Waals surface area contributed by atoms with Crippen LogP contribution in [0.4, 0.5) is 5.69 Å². The monoisotopic (exact) mass is 741 g/mol. The molecular weight excluding hydrogens is 698 g/mol. The van der Waals surface area contributed by atoms with E-state index in [0.29, 0.717) is 57.9 Å². The summed E-state index contributed by atoms with van der Waals surface area (Å²) >= 11 is 6.42. The van der Waals surface area contributed by atoms with Gasteiger partial charge in [0.25, 0.3) is 11.5 Å². The van der Waals surface area contributed by atoms with E-state index in [9.17, 15) is 19.2 Å². The highest BCUT2D eigenvalue weighted by Gasteiger charge is 2.31. The Morgan fingerprint density at radius 1 is 0.906 bits per heavy atom. The zero-order chi connectivity index (χ0) is 37.2. The fraction of sp³-hybridized carbons (Fsp3) is 0.425. The number of halogens is 1. The molecule has 3 fully saturated rings. The van der Waals surface area contributed by atoms with Gasteiger partial charge < -0.3 is 33.5 Å². The van der Waals surface area contributed by atoms with Crippen molar-refractivity contribution in [2.75, 3.05) is 58.4 Å². The maximum absolute atomic E-state index is 13.5. The van der Waals surface area contributed by atoms with Crippen LogP contribution in [0.2, 0.25) is 5.02 Å². The summed E-state index contributed by atoms with van der Waals surface area (Å²) in [5, 5.41) is 1.73. The average Bonchev–Trinajstić information content (AvgIpc) is 3.17. The van der Waals surface area contributed by atoms with Crippen molar-refractivity contribution in [2.45, 2.75) is 44.6 Å². The Labute approximate surface area is 313 Å². The van der Waals surface area contributed by atoms with Crippen LogP contribution in [0.1, 0.15) is 48.9 Å². The van der Waals surface area contributed by atoms with Crippen LogP contribution in [0.3, 0.4) is 0 Å². The lowest BCUT2D eigenvalue weighted by Gasteiger charge is -2.38. The van der Waals surface area contributed by atoms with Gasteiger partial charge in [-0.25, -0.2) is 0 Å². The number of ether oxygens (including phenoxy) is 3. The van der Waals surface area contributed by atoms with Crippen LogP contribution in [0.25, 0.3) is 21.9 Å². The first-order chi connectivity index (χ1) is 25.6. The molecule has 0 radical (unpaired) electrons. The summed E-state index contributed by atoms with van der Waals surface area (Å²) < 4.78 is 19.8. The summed E-state index contributed by atoms with van der Waals surface area (Å²) in [6.07, 6.45) is 8.78. The van der Waals surface area contributed by atoms with E-state index in [1.165, 1.54) is 4.90 Å². The minimum absolute atomic E-state index is 0.00574. The molecule has 278 valence electrons. The van der Waals surface area contributed by atoms with Crippen LogP contribution in [0, 0.1) is 5.92 Å². The van der Waals surface area contributed by atoms with Gasteiger partial charge in [-0.05, 0) is 78.9 Å². The maximum atomic E-state index is 13.5. The molecular formula is C40H44ClN5O7. The number of carbonyl (C=O) groups excluding carboxylic acids is 3. The fourth-order valence-corrected chi connectivity index (χ4v) is 7.98. The summed E-state index contributed by atoms with van der Waals surface area (Å²) in [7, 11) is 4.96. The number of nitrogens with zero attached hydrogens (tertiary/aromatic N) is 5. The molecule has 0 bridgehead atoms. The zero-order valence-corrected chi connectivity index (χ0v) is 31.1. The number of hydrogen-bond donors (Lipinski definition) is 0. The van der Waals surface area contributed by atoms with Gasteiger partial charge in [0.15, 0.2) is 11.5 Å². The molecule has 2 aromatic carbocycles. The highest BCUT2D eigenvalue weighted by Crippen LogP contribution is 2.43. The van der Waals surface area contributed by atoms with Gasteiger partial charge >= 0.3 is 0 Å². The SMILES string of the molecule is COc1cc(-c2cn(C)c(=O)c3cnccc23)cc(OC)c1OC1CCN(CC2CCN(C(=O)c3ccc(Cl)c(N4CCC(=O)CC4=O)c3)CC2)CC1. The van der Waals surface area contributed by atoms with Crippen molar-refractivity contribution in [1.82, 2.24) is 19.4 Å². The van der Waals surface area contributed by atoms with E-state index >= 15 is 0 Å². The minimum atomic E-state index is -0.288. The van der Waals surface area contributed by atoms with Gasteiger partial charge in [-0.2, -0.15) is 0 Å². The number of amides is 2. The number of aromatic nitrogens is 2. The lowest BCUT2D eigenvalue weighted by molar-refractivity contribution is -0.128. The molecule has 4 aromatic rings. The van der Waals surface area contributed by atoms with Crippen molar-refractivity contribution in [1.29, 1.82) is 0 Å². The minimum Gasteiger partial charge on any atom is -0.493 e. The lowest BCUT2D eigenvalue weighted by atomic mass is 9.94. The summed E-state index contributed by atoms with van der Waals surface area (Å²) in [4.78, 5) is 60.5. The molecule has 53 heavy (non-hydrogen) atoms. The van der Waals surface area contributed by atoms with Crippen LogP contribution in [0.5, 0.6) is 17.2 Å². The lowest BCUT2D eigenvalue weighted by Crippen LogP contribution is -2.44. The van der Waals surface area contributed by atoms with Crippen molar-refractivity contribution in [3.05, 3.63) is 75.9 Å². The van der Waals surface area contributed by atoms with Crippen LogP contribution >= 0.6 is 11.6 Å². The Bertz CT molecular complexity index is 2080. The molecule has 3 aliphatic rings. The average molecular weight is 742 g/mol. The van der Waals surface area contributed by atoms with Gasteiger partial charge in [0, 0.05) is 82.5 Å². The number of Topliss-reactive ketones (excluding diaryl/α,β-unsaturated/α-hetero) is 1. The van der Waals surface area contributed by atoms with Gasteiger partial charge in [0.05, 0.1) is 36.7 Å². The third-order valence-electron chi connectivity index (χ3n) is 10.7. The quantitative estimate of drug-likeness (QED) is 0.209. The van der Waals surface area contributed by atoms with Crippen molar-refractivity contribution in [2.24, 2.45) is 13.0 Å². The maximum Gasteiger partial charge on any atom is 0.259 e. The highest BCUT2D eigenvalue weighted by molar-refractivity contribution is 6.34. The highest BCUT2D eigenvalue weighted by atomic mass is 35.5. The van der Waals surface area contributed by atoms with Crippen molar-refractivity contribution in [3.8, 4) is 28.4 Å². The molecule has 0 aliphatic carbocycles. The number of carbonyl (C=O) groups is 3. The molecule has 0 spiro atoms. The molecule has 3 saturated heterocycles. The Morgan fingerprint density at radius 2 is 1.62 bits per heavy atom. The van der Waals surface area contributed by atoms with E-state index in [1.54, 1.807) is 56.4 Å². The van der Waals surface area contributed by atoms with Gasteiger partial charge in [-0.15, -0.1) is 0 Å². The number of piperidine rings is 3. The Morgan fingerprint density at radius 3 is 2.30 bits per heavy atom. The molecule has 0 atom stereocenters. The second kappa shape index (κ2) is 15.6. The second-order valence-corrected chi connectivity index (χ2v) is 14.5. The first-order valence-electron chi connectivity index (χ1n) is 18.1. The predicted molar refractivity (Wildman–Crippen MR) is 202 cm³/mol. The van der Waals surface area contributed by atoms with Gasteiger partial charge in [0.1, 0.15) is 11.9 Å². The van der Waals surface area contributed by atoms with Crippen molar-refractivity contribution < 1.29 is 28.6 Å². The molecule has 7 rings (SSSR count).